The number of nitrogens with zero attached hydrogens (tertiary/aromatic N) is 1. The van der Waals surface area contributed by atoms with Crippen molar-refractivity contribution in [2.24, 2.45) is 5.73 Å². The number of rotatable bonds is 4. The summed E-state index contributed by atoms with van der Waals surface area (Å²) >= 11 is 1.28. The molecule has 0 bridgehead atoms. The third-order valence-corrected chi connectivity index (χ3v) is 2.81. The second kappa shape index (κ2) is 5.01. The van der Waals surface area contributed by atoms with Crippen molar-refractivity contribution >= 4 is 17.1 Å². The number of ketones is 1. The molecule has 0 spiro atoms. The quantitative estimate of drug-likeness (QED) is 0.815. The Kier molecular flexibility index (Phi) is 3.44. The Morgan fingerprint density at radius 3 is 2.81 bits per heavy atom. The van der Waals surface area contributed by atoms with Crippen molar-refractivity contribution < 1.29 is 4.79 Å². The van der Waals surface area contributed by atoms with E-state index >= 15 is 0 Å². The molecular weight excluding hydrogens is 220 g/mol. The summed E-state index contributed by atoms with van der Waals surface area (Å²) in [7, 11) is 0. The van der Waals surface area contributed by atoms with Crippen molar-refractivity contribution in [2.75, 3.05) is 0 Å². The third-order valence-electron chi connectivity index (χ3n) is 2.28. The molecule has 1 radical (unpaired) electrons. The molecule has 0 aliphatic carbocycles. The lowest BCUT2D eigenvalue weighted by Crippen LogP contribution is -2.32. The molecule has 0 amide bonds. The Hall–Kier alpha value is -1.52. The van der Waals surface area contributed by atoms with Crippen LogP contribution in [0.4, 0.5) is 0 Å². The predicted molar refractivity (Wildman–Crippen MR) is 63.4 cm³/mol. The van der Waals surface area contributed by atoms with E-state index in [2.05, 4.69) is 10.5 Å². The summed E-state index contributed by atoms with van der Waals surface area (Å²) in [5.41, 5.74) is 9.95. The molecule has 0 saturated carbocycles. The van der Waals surface area contributed by atoms with Gasteiger partial charge in [0.1, 0.15) is 5.69 Å². The van der Waals surface area contributed by atoms with Crippen molar-refractivity contribution in [2.45, 2.75) is 12.5 Å². The molecule has 4 heteroatoms. The monoisotopic (exact) mass is 231 g/mol. The Bertz CT molecular complexity index is 453. The zero-order chi connectivity index (χ0) is 11.4. The van der Waals surface area contributed by atoms with E-state index in [1.165, 1.54) is 11.3 Å². The molecule has 0 aliphatic rings. The number of carbonyl (C=O) groups is 1. The fourth-order valence-electron chi connectivity index (χ4n) is 1.45. The number of thiazole rings is 1. The van der Waals surface area contributed by atoms with Crippen LogP contribution < -0.4 is 5.73 Å². The SMILES string of the molecule is N[C@@H](Cc1ccccc1)C(=O)c1cs[c]n1. The number of benzene rings is 1. The highest BCUT2D eigenvalue weighted by Crippen LogP contribution is 2.08. The molecule has 81 valence electrons. The number of aromatic nitrogens is 1. The minimum absolute atomic E-state index is 0.124. The highest BCUT2D eigenvalue weighted by atomic mass is 32.1. The van der Waals surface area contributed by atoms with E-state index in [1.54, 1.807) is 5.38 Å². The van der Waals surface area contributed by atoms with E-state index in [1.807, 2.05) is 30.3 Å². The average molecular weight is 231 g/mol. The lowest BCUT2D eigenvalue weighted by atomic mass is 10.0. The number of hydrogen-bond donors (Lipinski definition) is 1. The summed E-state index contributed by atoms with van der Waals surface area (Å²) in [4.78, 5) is 15.7. The van der Waals surface area contributed by atoms with Gasteiger partial charge in [0.05, 0.1) is 6.04 Å². The third kappa shape index (κ3) is 2.53. The van der Waals surface area contributed by atoms with Crippen LogP contribution in [0.1, 0.15) is 16.1 Å². The van der Waals surface area contributed by atoms with Crippen LogP contribution in [0.5, 0.6) is 0 Å². The maximum absolute atomic E-state index is 11.8. The number of carbonyl (C=O) groups excluding carboxylic acids is 1. The largest absolute Gasteiger partial charge is 0.321 e. The minimum Gasteiger partial charge on any atom is -0.321 e. The van der Waals surface area contributed by atoms with Crippen LogP contribution in [0, 0.1) is 5.51 Å². The van der Waals surface area contributed by atoms with Gasteiger partial charge >= 0.3 is 0 Å². The zero-order valence-electron chi connectivity index (χ0n) is 8.59. The first-order chi connectivity index (χ1) is 7.77. The van der Waals surface area contributed by atoms with Gasteiger partial charge in [-0.2, -0.15) is 0 Å². The molecule has 2 aromatic rings. The molecule has 3 nitrogen and oxygen atoms in total. The van der Waals surface area contributed by atoms with Crippen molar-refractivity contribution in [1.29, 1.82) is 0 Å². The van der Waals surface area contributed by atoms with Crippen LogP contribution in [0.15, 0.2) is 35.7 Å². The predicted octanol–water partition coefficient (Wildman–Crippen LogP) is 1.70. The Balaban J connectivity index is 2.04. The highest BCUT2D eigenvalue weighted by Gasteiger charge is 2.17. The van der Waals surface area contributed by atoms with Crippen molar-refractivity contribution in [3.8, 4) is 0 Å². The first-order valence-corrected chi connectivity index (χ1v) is 5.80. The summed E-state index contributed by atoms with van der Waals surface area (Å²) in [6.45, 7) is 0. The van der Waals surface area contributed by atoms with Gasteiger partial charge in [0.15, 0.2) is 11.3 Å². The Morgan fingerprint density at radius 2 is 2.19 bits per heavy atom. The van der Waals surface area contributed by atoms with Gasteiger partial charge in [-0.15, -0.1) is 11.3 Å². The van der Waals surface area contributed by atoms with Crippen LogP contribution in [-0.4, -0.2) is 16.8 Å². The van der Waals surface area contributed by atoms with Crippen molar-refractivity contribution in [3.63, 3.8) is 0 Å². The van der Waals surface area contributed by atoms with Crippen molar-refractivity contribution in [3.05, 3.63) is 52.5 Å². The van der Waals surface area contributed by atoms with Gasteiger partial charge in [-0.25, -0.2) is 4.98 Å². The fraction of sp³-hybridized carbons (Fsp3) is 0.167. The molecule has 0 saturated heterocycles. The maximum Gasteiger partial charge on any atom is 0.199 e. The van der Waals surface area contributed by atoms with Gasteiger partial charge < -0.3 is 5.73 Å². The van der Waals surface area contributed by atoms with E-state index in [9.17, 15) is 4.79 Å². The molecule has 0 aliphatic heterocycles. The lowest BCUT2D eigenvalue weighted by Gasteiger charge is -2.08. The first kappa shape index (κ1) is 11.0. The molecule has 1 heterocycles. The van der Waals surface area contributed by atoms with E-state index in [4.69, 9.17) is 5.73 Å². The van der Waals surface area contributed by atoms with Crippen LogP contribution in [-0.2, 0) is 6.42 Å². The zero-order valence-corrected chi connectivity index (χ0v) is 9.41. The van der Waals surface area contributed by atoms with E-state index in [0.717, 1.165) is 5.56 Å². The van der Waals surface area contributed by atoms with Gasteiger partial charge in [0, 0.05) is 5.38 Å². The minimum atomic E-state index is -0.530. The smallest absolute Gasteiger partial charge is 0.199 e. The fourth-order valence-corrected chi connectivity index (χ4v) is 1.93. The van der Waals surface area contributed by atoms with Gasteiger partial charge in [-0.3, -0.25) is 4.79 Å². The van der Waals surface area contributed by atoms with Crippen molar-refractivity contribution in [1.82, 2.24) is 4.98 Å². The highest BCUT2D eigenvalue weighted by molar-refractivity contribution is 7.07. The molecule has 16 heavy (non-hydrogen) atoms. The van der Waals surface area contributed by atoms with Crippen LogP contribution >= 0.6 is 11.3 Å². The molecule has 0 fully saturated rings. The molecule has 1 aromatic carbocycles. The summed E-state index contributed by atoms with van der Waals surface area (Å²) in [5, 5.41) is 1.67. The molecule has 1 aromatic heterocycles. The number of hydrogen-bond acceptors (Lipinski definition) is 4. The first-order valence-electron chi connectivity index (χ1n) is 4.92. The van der Waals surface area contributed by atoms with E-state index < -0.39 is 6.04 Å². The van der Waals surface area contributed by atoms with Crippen LogP contribution in [0.2, 0.25) is 0 Å². The number of Topliss-reactive ketones (excluding diaryl/α,β-unsaturated/α-hetero) is 1. The second-order valence-electron chi connectivity index (χ2n) is 3.48. The van der Waals surface area contributed by atoms with Gasteiger partial charge in [-0.05, 0) is 12.0 Å². The topological polar surface area (TPSA) is 56.0 Å². The Labute approximate surface area is 97.9 Å². The van der Waals surface area contributed by atoms with Gasteiger partial charge in [-0.1, -0.05) is 30.3 Å². The normalized spacial score (nSPS) is 12.3. The lowest BCUT2D eigenvalue weighted by molar-refractivity contribution is 0.0956. The summed E-state index contributed by atoms with van der Waals surface area (Å²) < 4.78 is 0. The standard InChI is InChI=1S/C12H11N2OS/c13-10(6-9-4-2-1-3-5-9)12(15)11-7-16-8-14-11/h1-5,7,10H,6,13H2/t10-/m0/s1. The van der Waals surface area contributed by atoms with Crippen LogP contribution in [0.3, 0.4) is 0 Å². The maximum atomic E-state index is 11.8. The van der Waals surface area contributed by atoms with Gasteiger partial charge in [0.25, 0.3) is 0 Å². The second-order valence-corrected chi connectivity index (χ2v) is 4.14. The Morgan fingerprint density at radius 1 is 1.44 bits per heavy atom. The van der Waals surface area contributed by atoms with Crippen LogP contribution in [0.25, 0.3) is 0 Å². The summed E-state index contributed by atoms with van der Waals surface area (Å²) in [6, 6.07) is 9.19. The molecule has 0 unspecified atom stereocenters. The molecular formula is C12H11N2OS. The summed E-state index contributed by atoms with van der Waals surface area (Å²) in [5.74, 6) is -0.124. The average Bonchev–Trinajstić information content (AvgIpc) is 2.83. The summed E-state index contributed by atoms with van der Waals surface area (Å²) in [6.07, 6.45) is 0.539. The molecule has 2 rings (SSSR count). The molecule has 1 atom stereocenters. The van der Waals surface area contributed by atoms with E-state index in [-0.39, 0.29) is 5.78 Å². The molecule has 2 N–H and O–H groups in total. The van der Waals surface area contributed by atoms with E-state index in [0.29, 0.717) is 12.1 Å². The number of nitrogens with two attached hydrogens (primary N) is 1. The van der Waals surface area contributed by atoms with Gasteiger partial charge in [0.2, 0.25) is 0 Å².